The third-order valence-electron chi connectivity index (χ3n) is 2.64. The minimum Gasteiger partial charge on any atom is -0.382 e. The van der Waals surface area contributed by atoms with Crippen LogP contribution >= 0.6 is 0 Å². The van der Waals surface area contributed by atoms with E-state index in [0.29, 0.717) is 6.04 Å². The van der Waals surface area contributed by atoms with Crippen LogP contribution in [0.2, 0.25) is 0 Å². The molecule has 3 heteroatoms. The molecule has 0 aliphatic carbocycles. The van der Waals surface area contributed by atoms with Crippen LogP contribution in [0.25, 0.3) is 0 Å². The zero-order chi connectivity index (χ0) is 12.0. The summed E-state index contributed by atoms with van der Waals surface area (Å²) in [6.45, 7) is 4.23. The Morgan fingerprint density at radius 2 is 2.00 bits per heavy atom. The van der Waals surface area contributed by atoms with E-state index in [9.17, 15) is 8.78 Å². The van der Waals surface area contributed by atoms with Crippen LogP contribution in [0.3, 0.4) is 0 Å². The standard InChI is InChI=1S/C13H19F2N/c1-3-6-11(4-2)16-12-8-5-7-10(9-12)13(14)15/h5,7-9,11,13,16H,3-4,6H2,1-2H3. The monoisotopic (exact) mass is 227 g/mol. The first-order chi connectivity index (χ1) is 7.67. The van der Waals surface area contributed by atoms with E-state index >= 15 is 0 Å². The summed E-state index contributed by atoms with van der Waals surface area (Å²) in [6.07, 6.45) is 0.773. The van der Waals surface area contributed by atoms with Gasteiger partial charge in [-0.05, 0) is 25.0 Å². The number of rotatable bonds is 6. The largest absolute Gasteiger partial charge is 0.382 e. The molecule has 0 radical (unpaired) electrons. The quantitative estimate of drug-likeness (QED) is 0.748. The molecule has 0 aromatic heterocycles. The minimum atomic E-state index is -2.40. The van der Waals surface area contributed by atoms with E-state index in [2.05, 4.69) is 19.2 Å². The van der Waals surface area contributed by atoms with Crippen LogP contribution in [-0.2, 0) is 0 Å². The molecule has 90 valence electrons. The van der Waals surface area contributed by atoms with E-state index in [1.807, 2.05) is 6.07 Å². The maximum atomic E-state index is 12.5. The van der Waals surface area contributed by atoms with Crippen molar-refractivity contribution in [3.8, 4) is 0 Å². The van der Waals surface area contributed by atoms with Crippen LogP contribution in [0.15, 0.2) is 24.3 Å². The molecule has 0 spiro atoms. The molecule has 0 fully saturated rings. The SMILES string of the molecule is CCCC(CC)Nc1cccc(C(F)F)c1. The lowest BCUT2D eigenvalue weighted by Crippen LogP contribution is -2.17. The molecule has 16 heavy (non-hydrogen) atoms. The Hall–Kier alpha value is -1.12. The van der Waals surface area contributed by atoms with Gasteiger partial charge >= 0.3 is 0 Å². The Labute approximate surface area is 95.9 Å². The zero-order valence-electron chi connectivity index (χ0n) is 9.84. The molecular formula is C13H19F2N. The molecule has 0 aliphatic heterocycles. The third-order valence-corrected chi connectivity index (χ3v) is 2.64. The Kier molecular flexibility index (Phi) is 5.23. The molecule has 1 rings (SSSR count). The lowest BCUT2D eigenvalue weighted by atomic mass is 10.1. The van der Waals surface area contributed by atoms with Gasteiger partial charge in [0.05, 0.1) is 0 Å². The van der Waals surface area contributed by atoms with Gasteiger partial charge in [0.2, 0.25) is 0 Å². The van der Waals surface area contributed by atoms with Crippen molar-refractivity contribution in [1.29, 1.82) is 0 Å². The van der Waals surface area contributed by atoms with Crippen molar-refractivity contribution in [2.45, 2.75) is 45.6 Å². The Morgan fingerprint density at radius 1 is 1.25 bits per heavy atom. The first-order valence-electron chi connectivity index (χ1n) is 5.82. The third kappa shape index (κ3) is 3.80. The molecule has 0 bridgehead atoms. The van der Waals surface area contributed by atoms with Gasteiger partial charge in [-0.3, -0.25) is 0 Å². The molecule has 0 saturated carbocycles. The number of hydrogen-bond donors (Lipinski definition) is 1. The highest BCUT2D eigenvalue weighted by atomic mass is 19.3. The topological polar surface area (TPSA) is 12.0 Å². The van der Waals surface area contributed by atoms with E-state index in [1.54, 1.807) is 6.07 Å². The zero-order valence-corrected chi connectivity index (χ0v) is 9.84. The highest BCUT2D eigenvalue weighted by molar-refractivity contribution is 5.46. The van der Waals surface area contributed by atoms with E-state index in [0.717, 1.165) is 24.9 Å². The van der Waals surface area contributed by atoms with Gasteiger partial charge < -0.3 is 5.32 Å². The van der Waals surface area contributed by atoms with Gasteiger partial charge in [-0.25, -0.2) is 8.78 Å². The maximum Gasteiger partial charge on any atom is 0.263 e. The molecule has 1 atom stereocenters. The molecule has 1 N–H and O–H groups in total. The predicted octanol–water partition coefficient (Wildman–Crippen LogP) is 4.61. The van der Waals surface area contributed by atoms with E-state index < -0.39 is 6.43 Å². The molecule has 1 nitrogen and oxygen atoms in total. The number of halogens is 2. The molecule has 0 heterocycles. The minimum absolute atomic E-state index is 0.0800. The summed E-state index contributed by atoms with van der Waals surface area (Å²) < 4.78 is 25.0. The van der Waals surface area contributed by atoms with Crippen molar-refractivity contribution < 1.29 is 8.78 Å². The molecule has 0 amide bonds. The van der Waals surface area contributed by atoms with Crippen LogP contribution in [0.1, 0.15) is 45.1 Å². The van der Waals surface area contributed by atoms with E-state index in [1.165, 1.54) is 12.1 Å². The summed E-state index contributed by atoms with van der Waals surface area (Å²) in [7, 11) is 0. The van der Waals surface area contributed by atoms with Crippen molar-refractivity contribution in [2.75, 3.05) is 5.32 Å². The smallest absolute Gasteiger partial charge is 0.263 e. The van der Waals surface area contributed by atoms with E-state index in [-0.39, 0.29) is 5.56 Å². The number of anilines is 1. The first-order valence-corrected chi connectivity index (χ1v) is 5.82. The van der Waals surface area contributed by atoms with Crippen molar-refractivity contribution in [2.24, 2.45) is 0 Å². The van der Waals surface area contributed by atoms with Gasteiger partial charge in [0.25, 0.3) is 6.43 Å². The first kappa shape index (κ1) is 12.9. The summed E-state index contributed by atoms with van der Waals surface area (Å²) >= 11 is 0. The molecule has 0 saturated heterocycles. The number of benzene rings is 1. The summed E-state index contributed by atoms with van der Waals surface area (Å²) in [4.78, 5) is 0. The van der Waals surface area contributed by atoms with Crippen LogP contribution in [-0.4, -0.2) is 6.04 Å². The molecule has 1 unspecified atom stereocenters. The van der Waals surface area contributed by atoms with Crippen LogP contribution in [0.5, 0.6) is 0 Å². The van der Waals surface area contributed by atoms with E-state index in [4.69, 9.17) is 0 Å². The molecule has 1 aromatic carbocycles. The fraction of sp³-hybridized carbons (Fsp3) is 0.538. The molecule has 1 aromatic rings. The molecule has 0 aliphatic rings. The predicted molar refractivity (Wildman–Crippen MR) is 64.0 cm³/mol. The maximum absolute atomic E-state index is 12.5. The number of hydrogen-bond acceptors (Lipinski definition) is 1. The lowest BCUT2D eigenvalue weighted by Gasteiger charge is -2.17. The van der Waals surface area contributed by atoms with Crippen LogP contribution < -0.4 is 5.32 Å². The highest BCUT2D eigenvalue weighted by Gasteiger charge is 2.09. The summed E-state index contributed by atoms with van der Waals surface area (Å²) in [5.74, 6) is 0. The second-order valence-electron chi connectivity index (χ2n) is 3.96. The fourth-order valence-electron chi connectivity index (χ4n) is 1.73. The van der Waals surface area contributed by atoms with Crippen LogP contribution in [0, 0.1) is 0 Å². The summed E-state index contributed by atoms with van der Waals surface area (Å²) in [6, 6.07) is 6.87. The average molecular weight is 227 g/mol. The summed E-state index contributed by atoms with van der Waals surface area (Å²) in [5.41, 5.74) is 0.870. The van der Waals surface area contributed by atoms with Crippen molar-refractivity contribution in [3.63, 3.8) is 0 Å². The summed E-state index contributed by atoms with van der Waals surface area (Å²) in [5, 5.41) is 3.29. The normalized spacial score (nSPS) is 12.8. The van der Waals surface area contributed by atoms with Crippen molar-refractivity contribution >= 4 is 5.69 Å². The Balaban J connectivity index is 2.68. The van der Waals surface area contributed by atoms with Crippen molar-refractivity contribution in [1.82, 2.24) is 0 Å². The van der Waals surface area contributed by atoms with Gasteiger partial charge in [-0.1, -0.05) is 32.4 Å². The van der Waals surface area contributed by atoms with Gasteiger partial charge in [0.1, 0.15) is 0 Å². The lowest BCUT2D eigenvalue weighted by molar-refractivity contribution is 0.151. The molecular weight excluding hydrogens is 208 g/mol. The Morgan fingerprint density at radius 3 is 2.56 bits per heavy atom. The van der Waals surface area contributed by atoms with Gasteiger partial charge in [0, 0.05) is 17.3 Å². The number of nitrogens with one attached hydrogen (secondary N) is 1. The van der Waals surface area contributed by atoms with Crippen molar-refractivity contribution in [3.05, 3.63) is 29.8 Å². The number of alkyl halides is 2. The Bertz CT molecular complexity index is 313. The van der Waals surface area contributed by atoms with Crippen LogP contribution in [0.4, 0.5) is 14.5 Å². The fourth-order valence-corrected chi connectivity index (χ4v) is 1.73. The average Bonchev–Trinajstić information content (AvgIpc) is 2.29. The second kappa shape index (κ2) is 6.46. The van der Waals surface area contributed by atoms with Gasteiger partial charge in [0.15, 0.2) is 0 Å². The van der Waals surface area contributed by atoms with Gasteiger partial charge in [-0.2, -0.15) is 0 Å². The van der Waals surface area contributed by atoms with Gasteiger partial charge in [-0.15, -0.1) is 0 Å². The highest BCUT2D eigenvalue weighted by Crippen LogP contribution is 2.22. The second-order valence-corrected chi connectivity index (χ2v) is 3.96.